The molecule has 0 spiro atoms. The number of ether oxygens (including phenoxy) is 5. The Bertz CT molecular complexity index is 986. The van der Waals surface area contributed by atoms with Gasteiger partial charge >= 0.3 is 0 Å². The van der Waals surface area contributed by atoms with Crippen molar-refractivity contribution in [3.63, 3.8) is 0 Å². The summed E-state index contributed by atoms with van der Waals surface area (Å²) in [5, 5.41) is 39.9. The van der Waals surface area contributed by atoms with Crippen LogP contribution in [0, 0.1) is 0 Å². The molecule has 2 aromatic carbocycles. The van der Waals surface area contributed by atoms with Crippen LogP contribution in [0.25, 0.3) is 0 Å². The first-order valence-electron chi connectivity index (χ1n) is 10.3. The van der Waals surface area contributed by atoms with Crippen LogP contribution in [0.2, 0.25) is 0 Å². The third-order valence-corrected chi connectivity index (χ3v) is 6.64. The van der Waals surface area contributed by atoms with E-state index in [1.54, 1.807) is 30.3 Å². The lowest BCUT2D eigenvalue weighted by Crippen LogP contribution is -2.57. The zero-order valence-electron chi connectivity index (χ0n) is 19.1. The van der Waals surface area contributed by atoms with Crippen LogP contribution in [0.1, 0.15) is 15.9 Å². The molecule has 186 valence electrons. The van der Waals surface area contributed by atoms with E-state index in [1.165, 1.54) is 28.4 Å². The Hall–Kier alpha value is -2.54. The molecule has 0 bridgehead atoms. The van der Waals surface area contributed by atoms with E-state index in [9.17, 15) is 25.2 Å². The maximum absolute atomic E-state index is 13.3. The van der Waals surface area contributed by atoms with E-state index in [4.69, 9.17) is 23.7 Å². The molecule has 1 aliphatic rings. The van der Waals surface area contributed by atoms with Crippen molar-refractivity contribution >= 4 is 17.5 Å². The summed E-state index contributed by atoms with van der Waals surface area (Å²) in [5.41, 5.74) is -0.429. The Morgan fingerprint density at radius 1 is 0.853 bits per heavy atom. The second-order valence-electron chi connectivity index (χ2n) is 7.42. The summed E-state index contributed by atoms with van der Waals surface area (Å²) in [6.07, 6.45) is -5.47. The fraction of sp³-hybridized carbons (Fsp3) is 0.435. The highest BCUT2D eigenvalue weighted by Gasteiger charge is 2.44. The van der Waals surface area contributed by atoms with Crippen molar-refractivity contribution < 1.29 is 48.9 Å². The summed E-state index contributed by atoms with van der Waals surface area (Å²) < 4.78 is 26.9. The summed E-state index contributed by atoms with van der Waals surface area (Å²) in [6, 6.07) is 7.83. The van der Waals surface area contributed by atoms with Gasteiger partial charge in [-0.05, 0) is 30.3 Å². The number of hydrogen-bond donors (Lipinski definition) is 4. The molecule has 10 nitrogen and oxygen atoms in total. The topological polar surface area (TPSA) is 144 Å². The third-order valence-electron chi connectivity index (χ3n) is 5.44. The molecule has 0 saturated carbocycles. The smallest absolute Gasteiger partial charge is 0.203 e. The van der Waals surface area contributed by atoms with Crippen LogP contribution < -0.4 is 18.9 Å². The van der Waals surface area contributed by atoms with Gasteiger partial charge in [0, 0.05) is 11.1 Å². The van der Waals surface area contributed by atoms with Gasteiger partial charge in [-0.3, -0.25) is 4.79 Å². The molecule has 1 heterocycles. The molecular weight excluding hydrogens is 468 g/mol. The number of aliphatic hydroxyl groups is 4. The molecule has 1 aliphatic heterocycles. The molecule has 0 unspecified atom stereocenters. The largest absolute Gasteiger partial charge is 0.496 e. The first-order valence-corrected chi connectivity index (χ1v) is 11.2. The van der Waals surface area contributed by atoms with Gasteiger partial charge in [0.2, 0.25) is 5.75 Å². The lowest BCUT2D eigenvalue weighted by molar-refractivity contribution is -0.205. The molecule has 1 fully saturated rings. The van der Waals surface area contributed by atoms with E-state index in [0.717, 1.165) is 11.8 Å². The van der Waals surface area contributed by atoms with E-state index < -0.39 is 36.5 Å². The quantitative estimate of drug-likeness (QED) is 0.367. The van der Waals surface area contributed by atoms with Gasteiger partial charge in [0.05, 0.1) is 39.9 Å². The number of benzene rings is 2. The van der Waals surface area contributed by atoms with Gasteiger partial charge in [-0.25, -0.2) is 0 Å². The standard InChI is InChI=1S/C23H28O10S/c1-29-13-6-5-11(18(25)12-7-14(30-2)22(32-4)15(8-12)31-3)9-17(13)34-23-21(28)20(27)19(26)16(10-24)33-23/h5-9,16,19-21,23-24,26-28H,10H2,1-4H3/t16-,19-,20+,21-,23+/m1/s1. The minimum atomic E-state index is -1.52. The second kappa shape index (κ2) is 11.3. The Balaban J connectivity index is 1.95. The fourth-order valence-corrected chi connectivity index (χ4v) is 4.79. The van der Waals surface area contributed by atoms with Crippen molar-refractivity contribution in [1.29, 1.82) is 0 Å². The van der Waals surface area contributed by atoms with Gasteiger partial charge in [-0.1, -0.05) is 11.8 Å². The average Bonchev–Trinajstić information content (AvgIpc) is 2.87. The zero-order chi connectivity index (χ0) is 25.0. The van der Waals surface area contributed by atoms with Crippen molar-refractivity contribution in [1.82, 2.24) is 0 Å². The first kappa shape index (κ1) is 26.1. The van der Waals surface area contributed by atoms with Gasteiger partial charge < -0.3 is 44.1 Å². The molecule has 3 rings (SSSR count). The van der Waals surface area contributed by atoms with Crippen LogP contribution in [0.15, 0.2) is 35.2 Å². The number of methoxy groups -OCH3 is 4. The number of carbonyl (C=O) groups is 1. The van der Waals surface area contributed by atoms with Gasteiger partial charge in [0.15, 0.2) is 17.3 Å². The maximum Gasteiger partial charge on any atom is 0.203 e. The van der Waals surface area contributed by atoms with E-state index in [2.05, 4.69) is 0 Å². The van der Waals surface area contributed by atoms with Gasteiger partial charge in [0.25, 0.3) is 0 Å². The molecule has 0 amide bonds. The first-order chi connectivity index (χ1) is 16.3. The SMILES string of the molecule is COc1ccc(C(=O)c2cc(OC)c(OC)c(OC)c2)cc1S[C@@H]1O[C@H](CO)[C@@H](O)[C@H](O)[C@H]1O. The Morgan fingerprint density at radius 2 is 1.47 bits per heavy atom. The summed E-state index contributed by atoms with van der Waals surface area (Å²) in [7, 11) is 5.82. The number of ketones is 1. The van der Waals surface area contributed by atoms with Crippen LogP contribution in [0.5, 0.6) is 23.0 Å². The average molecular weight is 497 g/mol. The van der Waals surface area contributed by atoms with Crippen LogP contribution in [-0.4, -0.2) is 91.1 Å². The molecule has 34 heavy (non-hydrogen) atoms. The molecule has 4 N–H and O–H groups in total. The summed E-state index contributed by atoms with van der Waals surface area (Å²) >= 11 is 0.996. The van der Waals surface area contributed by atoms with Gasteiger partial charge in [-0.15, -0.1) is 0 Å². The highest BCUT2D eigenvalue weighted by Crippen LogP contribution is 2.41. The number of thioether (sulfide) groups is 1. The number of hydrogen-bond acceptors (Lipinski definition) is 11. The molecule has 11 heteroatoms. The minimum Gasteiger partial charge on any atom is -0.496 e. The van der Waals surface area contributed by atoms with Crippen LogP contribution in [0.3, 0.4) is 0 Å². The lowest BCUT2D eigenvalue weighted by atomic mass is 10.0. The number of aliphatic hydroxyl groups excluding tert-OH is 4. The van der Waals surface area contributed by atoms with E-state index in [0.29, 0.717) is 39.0 Å². The Morgan fingerprint density at radius 3 is 2.00 bits per heavy atom. The molecule has 0 aromatic heterocycles. The molecule has 1 saturated heterocycles. The van der Waals surface area contributed by atoms with Crippen LogP contribution in [-0.2, 0) is 4.74 Å². The fourth-order valence-electron chi connectivity index (χ4n) is 3.58. The molecule has 0 aliphatic carbocycles. The van der Waals surface area contributed by atoms with Crippen molar-refractivity contribution in [2.24, 2.45) is 0 Å². The predicted octanol–water partition coefficient (Wildman–Crippen LogP) is 0.844. The van der Waals surface area contributed by atoms with Crippen molar-refractivity contribution in [3.05, 3.63) is 41.5 Å². The summed E-state index contributed by atoms with van der Waals surface area (Å²) in [6.45, 7) is -0.543. The van der Waals surface area contributed by atoms with Crippen molar-refractivity contribution in [3.8, 4) is 23.0 Å². The van der Waals surface area contributed by atoms with E-state index >= 15 is 0 Å². The Kier molecular flexibility index (Phi) is 8.63. The third kappa shape index (κ3) is 5.09. The highest BCUT2D eigenvalue weighted by molar-refractivity contribution is 8.00. The van der Waals surface area contributed by atoms with Crippen LogP contribution >= 0.6 is 11.8 Å². The molecule has 5 atom stereocenters. The monoisotopic (exact) mass is 496 g/mol. The van der Waals surface area contributed by atoms with Gasteiger partial charge in [-0.2, -0.15) is 0 Å². The van der Waals surface area contributed by atoms with Crippen LogP contribution in [0.4, 0.5) is 0 Å². The minimum absolute atomic E-state index is 0.295. The zero-order valence-corrected chi connectivity index (χ0v) is 19.9. The molecule has 0 radical (unpaired) electrons. The number of carbonyl (C=O) groups excluding carboxylic acids is 1. The lowest BCUT2D eigenvalue weighted by Gasteiger charge is -2.39. The summed E-state index contributed by atoms with van der Waals surface area (Å²) in [4.78, 5) is 13.7. The normalized spacial score (nSPS) is 24.4. The predicted molar refractivity (Wildman–Crippen MR) is 122 cm³/mol. The van der Waals surface area contributed by atoms with Gasteiger partial charge in [0.1, 0.15) is 35.6 Å². The molecule has 2 aromatic rings. The second-order valence-corrected chi connectivity index (χ2v) is 8.56. The maximum atomic E-state index is 13.3. The Labute approximate surface area is 201 Å². The van der Waals surface area contributed by atoms with E-state index in [1.807, 2.05) is 0 Å². The van der Waals surface area contributed by atoms with E-state index in [-0.39, 0.29) is 5.78 Å². The van der Waals surface area contributed by atoms with Crippen molar-refractivity contribution in [2.75, 3.05) is 35.0 Å². The van der Waals surface area contributed by atoms with Crippen molar-refractivity contribution in [2.45, 2.75) is 34.7 Å². The highest BCUT2D eigenvalue weighted by atomic mass is 32.2. The summed E-state index contributed by atoms with van der Waals surface area (Å²) in [5.74, 6) is 1.08. The number of rotatable bonds is 9. The molecular formula is C23H28O10S.